The van der Waals surface area contributed by atoms with Crippen molar-refractivity contribution in [1.82, 2.24) is 5.06 Å². The van der Waals surface area contributed by atoms with Crippen molar-refractivity contribution in [1.29, 1.82) is 0 Å². The minimum Gasteiger partial charge on any atom is -0.295 e. The SMILES string of the molecule is CC1C(=O)CON1C. The Kier molecular flexibility index (Phi) is 1.31. The molecule has 0 N–H and O–H groups in total. The van der Waals surface area contributed by atoms with Crippen LogP contribution in [-0.4, -0.2) is 30.5 Å². The molecule has 0 amide bonds. The van der Waals surface area contributed by atoms with E-state index < -0.39 is 0 Å². The Labute approximate surface area is 48.2 Å². The van der Waals surface area contributed by atoms with Crippen LogP contribution in [0.2, 0.25) is 0 Å². The van der Waals surface area contributed by atoms with Crippen molar-refractivity contribution in [3.63, 3.8) is 0 Å². The van der Waals surface area contributed by atoms with Gasteiger partial charge in [-0.2, -0.15) is 5.06 Å². The summed E-state index contributed by atoms with van der Waals surface area (Å²) in [7, 11) is 1.76. The van der Waals surface area contributed by atoms with Gasteiger partial charge in [0.15, 0.2) is 5.78 Å². The van der Waals surface area contributed by atoms with Crippen LogP contribution < -0.4 is 0 Å². The molecule has 8 heavy (non-hydrogen) atoms. The highest BCUT2D eigenvalue weighted by Gasteiger charge is 2.25. The predicted octanol–water partition coefficient (Wildman–Crippen LogP) is -0.179. The Balaban J connectivity index is 2.56. The number of carbonyl (C=O) groups excluding carboxylic acids is 1. The summed E-state index contributed by atoms with van der Waals surface area (Å²) >= 11 is 0. The molecule has 0 radical (unpaired) electrons. The molecule has 0 aromatic carbocycles. The molecule has 1 heterocycles. The number of hydroxylamine groups is 2. The molecule has 1 aliphatic heterocycles. The van der Waals surface area contributed by atoms with Gasteiger partial charge in [-0.3, -0.25) is 9.63 Å². The van der Waals surface area contributed by atoms with E-state index in [1.807, 2.05) is 6.92 Å². The van der Waals surface area contributed by atoms with Gasteiger partial charge in [0, 0.05) is 7.05 Å². The summed E-state index contributed by atoms with van der Waals surface area (Å²) in [5.41, 5.74) is 0. The fourth-order valence-corrected chi connectivity index (χ4v) is 0.601. The van der Waals surface area contributed by atoms with Crippen LogP contribution in [0.3, 0.4) is 0 Å². The van der Waals surface area contributed by atoms with Crippen LogP contribution in [0, 0.1) is 0 Å². The lowest BCUT2D eigenvalue weighted by Gasteiger charge is -2.08. The Morgan fingerprint density at radius 2 is 2.50 bits per heavy atom. The van der Waals surface area contributed by atoms with Crippen LogP contribution in [0.5, 0.6) is 0 Å². The average molecular weight is 115 g/mol. The number of hydrogen-bond acceptors (Lipinski definition) is 3. The van der Waals surface area contributed by atoms with Gasteiger partial charge in [0.05, 0.1) is 6.04 Å². The molecule has 1 atom stereocenters. The minimum absolute atomic E-state index is 0.0463. The maximum atomic E-state index is 10.6. The third kappa shape index (κ3) is 0.743. The Bertz CT molecular complexity index is 113. The van der Waals surface area contributed by atoms with E-state index >= 15 is 0 Å². The molecule has 0 spiro atoms. The lowest BCUT2D eigenvalue weighted by Crippen LogP contribution is -2.24. The standard InChI is InChI=1S/C5H9NO2/c1-4-5(7)3-8-6(4)2/h4H,3H2,1-2H3. The van der Waals surface area contributed by atoms with E-state index in [1.165, 1.54) is 0 Å². The maximum Gasteiger partial charge on any atom is 0.179 e. The summed E-state index contributed by atoms with van der Waals surface area (Å²) in [5, 5.41) is 1.57. The van der Waals surface area contributed by atoms with Crippen LogP contribution in [0.15, 0.2) is 0 Å². The molecule has 1 saturated heterocycles. The zero-order chi connectivity index (χ0) is 6.15. The number of carbonyl (C=O) groups is 1. The molecule has 3 nitrogen and oxygen atoms in total. The van der Waals surface area contributed by atoms with Crippen molar-refractivity contribution in [2.75, 3.05) is 13.7 Å². The maximum absolute atomic E-state index is 10.6. The first-order valence-electron chi connectivity index (χ1n) is 2.60. The number of likely N-dealkylation sites (N-methyl/N-ethyl adjacent to an activating group) is 1. The number of ketones is 1. The number of Topliss-reactive ketones (excluding diaryl/α,β-unsaturated/α-hetero) is 1. The summed E-state index contributed by atoms with van der Waals surface area (Å²) in [6.07, 6.45) is 0. The third-order valence-electron chi connectivity index (χ3n) is 1.42. The minimum atomic E-state index is -0.0463. The molecule has 0 saturated carbocycles. The number of rotatable bonds is 0. The Hall–Kier alpha value is -0.410. The molecule has 1 unspecified atom stereocenters. The number of nitrogens with zero attached hydrogens (tertiary/aromatic N) is 1. The van der Waals surface area contributed by atoms with E-state index in [0.29, 0.717) is 0 Å². The van der Waals surface area contributed by atoms with Crippen molar-refractivity contribution in [2.24, 2.45) is 0 Å². The zero-order valence-electron chi connectivity index (χ0n) is 5.05. The van der Waals surface area contributed by atoms with Gasteiger partial charge in [0.2, 0.25) is 0 Å². The van der Waals surface area contributed by atoms with E-state index in [0.717, 1.165) is 0 Å². The van der Waals surface area contributed by atoms with Crippen molar-refractivity contribution in [3.8, 4) is 0 Å². The second-order valence-corrected chi connectivity index (χ2v) is 1.96. The first-order valence-corrected chi connectivity index (χ1v) is 2.60. The van der Waals surface area contributed by atoms with Crippen molar-refractivity contribution in [2.45, 2.75) is 13.0 Å². The van der Waals surface area contributed by atoms with Crippen LogP contribution in [-0.2, 0) is 9.63 Å². The highest BCUT2D eigenvalue weighted by Crippen LogP contribution is 2.05. The lowest BCUT2D eigenvalue weighted by molar-refractivity contribution is -0.118. The summed E-state index contributed by atoms with van der Waals surface area (Å²) in [4.78, 5) is 15.5. The number of hydrogen-bond donors (Lipinski definition) is 0. The average Bonchev–Trinajstić information content (AvgIpc) is 1.98. The highest BCUT2D eigenvalue weighted by atomic mass is 16.7. The highest BCUT2D eigenvalue weighted by molar-refractivity contribution is 5.85. The van der Waals surface area contributed by atoms with E-state index in [-0.39, 0.29) is 18.4 Å². The van der Waals surface area contributed by atoms with Crippen LogP contribution in [0.4, 0.5) is 0 Å². The molecule has 0 aromatic heterocycles. The molecule has 0 bridgehead atoms. The normalized spacial score (nSPS) is 31.8. The van der Waals surface area contributed by atoms with E-state index in [9.17, 15) is 4.79 Å². The molecule has 46 valence electrons. The molecular weight excluding hydrogens is 106 g/mol. The molecular formula is C5H9NO2. The molecule has 1 rings (SSSR count). The molecule has 0 aliphatic carbocycles. The molecule has 1 fully saturated rings. The van der Waals surface area contributed by atoms with E-state index in [1.54, 1.807) is 12.1 Å². The Morgan fingerprint density at radius 3 is 2.62 bits per heavy atom. The summed E-state index contributed by atoms with van der Waals surface area (Å²) in [5.74, 6) is 0.160. The van der Waals surface area contributed by atoms with Crippen molar-refractivity contribution in [3.05, 3.63) is 0 Å². The van der Waals surface area contributed by atoms with Gasteiger partial charge in [0.25, 0.3) is 0 Å². The fourth-order valence-electron chi connectivity index (χ4n) is 0.601. The largest absolute Gasteiger partial charge is 0.295 e. The van der Waals surface area contributed by atoms with Crippen LogP contribution in [0.1, 0.15) is 6.92 Å². The predicted molar refractivity (Wildman–Crippen MR) is 28.2 cm³/mol. The summed E-state index contributed by atoms with van der Waals surface area (Å²) < 4.78 is 0. The van der Waals surface area contributed by atoms with Gasteiger partial charge < -0.3 is 0 Å². The molecule has 3 heteroatoms. The topological polar surface area (TPSA) is 29.5 Å². The van der Waals surface area contributed by atoms with Gasteiger partial charge in [0.1, 0.15) is 6.61 Å². The van der Waals surface area contributed by atoms with Gasteiger partial charge in [-0.05, 0) is 6.92 Å². The van der Waals surface area contributed by atoms with Crippen molar-refractivity contribution >= 4 is 5.78 Å². The Morgan fingerprint density at radius 1 is 1.88 bits per heavy atom. The van der Waals surface area contributed by atoms with Gasteiger partial charge in [-0.1, -0.05) is 0 Å². The van der Waals surface area contributed by atoms with Crippen molar-refractivity contribution < 1.29 is 9.63 Å². The van der Waals surface area contributed by atoms with Gasteiger partial charge >= 0.3 is 0 Å². The monoisotopic (exact) mass is 115 g/mol. The summed E-state index contributed by atoms with van der Waals surface area (Å²) in [6.45, 7) is 2.08. The van der Waals surface area contributed by atoms with Gasteiger partial charge in [-0.15, -0.1) is 0 Å². The fraction of sp³-hybridized carbons (Fsp3) is 0.800. The van der Waals surface area contributed by atoms with E-state index in [2.05, 4.69) is 0 Å². The van der Waals surface area contributed by atoms with Crippen LogP contribution >= 0.6 is 0 Å². The smallest absolute Gasteiger partial charge is 0.179 e. The second kappa shape index (κ2) is 1.84. The first-order chi connectivity index (χ1) is 3.72. The summed E-state index contributed by atoms with van der Waals surface area (Å²) in [6, 6.07) is -0.0463. The molecule has 0 aromatic rings. The lowest BCUT2D eigenvalue weighted by atomic mass is 10.2. The molecule has 1 aliphatic rings. The van der Waals surface area contributed by atoms with Crippen LogP contribution in [0.25, 0.3) is 0 Å². The van der Waals surface area contributed by atoms with Gasteiger partial charge in [-0.25, -0.2) is 0 Å². The zero-order valence-corrected chi connectivity index (χ0v) is 5.05. The second-order valence-electron chi connectivity index (χ2n) is 1.96. The third-order valence-corrected chi connectivity index (χ3v) is 1.42. The van der Waals surface area contributed by atoms with E-state index in [4.69, 9.17) is 4.84 Å². The first kappa shape index (κ1) is 5.72. The quantitative estimate of drug-likeness (QED) is 0.438.